The minimum absolute atomic E-state index is 0.0424. The molecular weight excluding hydrogens is 413 g/mol. The van der Waals surface area contributed by atoms with Crippen LogP contribution in [0.2, 0.25) is 0 Å². The van der Waals surface area contributed by atoms with Crippen LogP contribution in [0.15, 0.2) is 16.5 Å². The van der Waals surface area contributed by atoms with Crippen LogP contribution in [0.25, 0.3) is 0 Å². The van der Waals surface area contributed by atoms with Crippen LogP contribution >= 0.6 is 0 Å². The number of ether oxygens (including phenoxy) is 2. The van der Waals surface area contributed by atoms with Gasteiger partial charge in [0.05, 0.1) is 19.2 Å². The second-order valence-corrected chi connectivity index (χ2v) is 9.35. The summed E-state index contributed by atoms with van der Waals surface area (Å²) < 4.78 is 32.0. The van der Waals surface area contributed by atoms with Crippen LogP contribution in [-0.4, -0.2) is 42.8 Å². The maximum absolute atomic E-state index is 14.8. The van der Waals surface area contributed by atoms with Gasteiger partial charge in [-0.05, 0) is 50.7 Å². The van der Waals surface area contributed by atoms with Crippen molar-refractivity contribution in [3.05, 3.63) is 35.0 Å². The lowest BCUT2D eigenvalue weighted by molar-refractivity contribution is -0.0191. The third-order valence-corrected chi connectivity index (χ3v) is 6.45. The van der Waals surface area contributed by atoms with Crippen molar-refractivity contribution in [2.24, 2.45) is 5.92 Å². The fraction of sp³-hybridized carbons (Fsp3) is 0.583. The average molecular weight is 446 g/mol. The number of methoxy groups -OCH3 is 1. The van der Waals surface area contributed by atoms with E-state index in [1.165, 1.54) is 6.07 Å². The summed E-state index contributed by atoms with van der Waals surface area (Å²) in [6.45, 7) is 9.16. The fourth-order valence-corrected chi connectivity index (χ4v) is 4.49. The number of nitrogens with one attached hydrogen (secondary N) is 1. The van der Waals surface area contributed by atoms with Gasteiger partial charge in [-0.25, -0.2) is 4.39 Å². The SMILES string of the molecule is CCc1oc(N2CC(C)(OC)C2)nc1C(=O)Nc1cc(C)c(O[C@@H]2CCC(C)C2)c(F)c1. The number of nitrogens with zero attached hydrogens (tertiary/aromatic N) is 2. The number of oxazole rings is 1. The quantitative estimate of drug-likeness (QED) is 0.664. The van der Waals surface area contributed by atoms with E-state index in [1.54, 1.807) is 20.1 Å². The van der Waals surface area contributed by atoms with Crippen LogP contribution in [0.4, 0.5) is 16.1 Å². The molecule has 0 bridgehead atoms. The van der Waals surface area contributed by atoms with E-state index in [9.17, 15) is 9.18 Å². The normalized spacial score (nSPS) is 22.0. The maximum Gasteiger partial charge on any atom is 0.298 e. The molecule has 32 heavy (non-hydrogen) atoms. The van der Waals surface area contributed by atoms with Gasteiger partial charge in [0.1, 0.15) is 11.4 Å². The number of anilines is 2. The molecule has 0 radical (unpaired) electrons. The second-order valence-electron chi connectivity index (χ2n) is 9.35. The zero-order valence-electron chi connectivity index (χ0n) is 19.5. The molecule has 1 aromatic carbocycles. The maximum atomic E-state index is 14.8. The first kappa shape index (κ1) is 22.6. The van der Waals surface area contributed by atoms with Gasteiger partial charge in [-0.1, -0.05) is 13.8 Å². The van der Waals surface area contributed by atoms with Crippen LogP contribution < -0.4 is 15.0 Å². The van der Waals surface area contributed by atoms with E-state index < -0.39 is 11.7 Å². The molecule has 2 heterocycles. The zero-order valence-corrected chi connectivity index (χ0v) is 19.5. The molecule has 2 aliphatic rings. The first-order valence-corrected chi connectivity index (χ1v) is 11.3. The van der Waals surface area contributed by atoms with Crippen LogP contribution in [0.3, 0.4) is 0 Å². The highest BCUT2D eigenvalue weighted by Crippen LogP contribution is 2.34. The number of carbonyl (C=O) groups is 1. The van der Waals surface area contributed by atoms with E-state index in [0.717, 1.165) is 19.3 Å². The molecule has 1 unspecified atom stereocenters. The third kappa shape index (κ3) is 4.46. The Kier molecular flexibility index (Phi) is 6.16. The number of halogens is 1. The summed E-state index contributed by atoms with van der Waals surface area (Å²) in [6.07, 6.45) is 3.53. The number of benzene rings is 1. The average Bonchev–Trinajstić information content (AvgIpc) is 3.34. The smallest absolute Gasteiger partial charge is 0.298 e. The minimum Gasteiger partial charge on any atom is -0.487 e. The van der Waals surface area contributed by atoms with E-state index >= 15 is 0 Å². The van der Waals surface area contributed by atoms with Crippen molar-refractivity contribution in [3.63, 3.8) is 0 Å². The van der Waals surface area contributed by atoms with Gasteiger partial charge in [-0.2, -0.15) is 4.98 Å². The van der Waals surface area contributed by atoms with Gasteiger partial charge in [0.25, 0.3) is 11.9 Å². The monoisotopic (exact) mass is 445 g/mol. The van der Waals surface area contributed by atoms with E-state index in [2.05, 4.69) is 17.2 Å². The molecule has 2 atom stereocenters. The van der Waals surface area contributed by atoms with Crippen molar-refractivity contribution in [1.82, 2.24) is 4.98 Å². The number of carbonyl (C=O) groups excluding carboxylic acids is 1. The molecule has 4 rings (SSSR count). The number of hydrogen-bond donors (Lipinski definition) is 1. The van der Waals surface area contributed by atoms with Crippen molar-refractivity contribution in [3.8, 4) is 5.75 Å². The van der Waals surface area contributed by atoms with Crippen LogP contribution in [0.5, 0.6) is 5.75 Å². The van der Waals surface area contributed by atoms with Crippen molar-refractivity contribution in [2.45, 2.75) is 65.1 Å². The number of amides is 1. The lowest BCUT2D eigenvalue weighted by atomic mass is 9.97. The Hall–Kier alpha value is -2.61. The Bertz CT molecular complexity index is 976. The number of hydrogen-bond acceptors (Lipinski definition) is 6. The highest BCUT2D eigenvalue weighted by Gasteiger charge is 2.41. The predicted molar refractivity (Wildman–Crippen MR) is 120 cm³/mol. The Labute approximate surface area is 188 Å². The summed E-state index contributed by atoms with van der Waals surface area (Å²) in [4.78, 5) is 19.3. The molecule has 0 spiro atoms. The molecule has 1 aromatic heterocycles. The molecule has 1 saturated heterocycles. The molecule has 174 valence electrons. The summed E-state index contributed by atoms with van der Waals surface area (Å²) in [6, 6.07) is 3.42. The minimum atomic E-state index is -0.476. The number of aryl methyl sites for hydroxylation is 2. The first-order chi connectivity index (χ1) is 15.2. The summed E-state index contributed by atoms with van der Waals surface area (Å²) >= 11 is 0. The largest absolute Gasteiger partial charge is 0.487 e. The molecule has 1 aliphatic heterocycles. The van der Waals surface area contributed by atoms with E-state index in [4.69, 9.17) is 13.9 Å². The second kappa shape index (κ2) is 8.73. The van der Waals surface area contributed by atoms with Crippen molar-refractivity contribution in [2.75, 3.05) is 30.4 Å². The van der Waals surface area contributed by atoms with Gasteiger partial charge < -0.3 is 24.1 Å². The Balaban J connectivity index is 1.47. The van der Waals surface area contributed by atoms with Gasteiger partial charge in [0.2, 0.25) is 0 Å². The molecular formula is C24H32FN3O4. The van der Waals surface area contributed by atoms with Crippen molar-refractivity contribution >= 4 is 17.6 Å². The Morgan fingerprint density at radius 3 is 2.72 bits per heavy atom. The van der Waals surface area contributed by atoms with Crippen LogP contribution in [0.1, 0.15) is 61.8 Å². The molecule has 8 heteroatoms. The summed E-state index contributed by atoms with van der Waals surface area (Å²) in [5.74, 6) is 0.455. The van der Waals surface area contributed by atoms with E-state index in [1.807, 2.05) is 18.7 Å². The molecule has 2 fully saturated rings. The lowest BCUT2D eigenvalue weighted by Gasteiger charge is -2.45. The predicted octanol–water partition coefficient (Wildman–Crippen LogP) is 4.73. The van der Waals surface area contributed by atoms with Crippen LogP contribution in [0, 0.1) is 18.7 Å². The van der Waals surface area contributed by atoms with Gasteiger partial charge >= 0.3 is 0 Å². The van der Waals surface area contributed by atoms with E-state index in [0.29, 0.717) is 48.5 Å². The van der Waals surface area contributed by atoms with Gasteiger partial charge in [-0.3, -0.25) is 4.79 Å². The molecule has 1 aliphatic carbocycles. The molecule has 1 amide bonds. The molecule has 7 nitrogen and oxygen atoms in total. The lowest BCUT2D eigenvalue weighted by Crippen LogP contribution is -2.61. The van der Waals surface area contributed by atoms with Gasteiger partial charge in [0, 0.05) is 25.3 Å². The zero-order chi connectivity index (χ0) is 23.0. The summed E-state index contributed by atoms with van der Waals surface area (Å²) in [7, 11) is 1.68. The van der Waals surface area contributed by atoms with E-state index in [-0.39, 0.29) is 23.1 Å². The highest BCUT2D eigenvalue weighted by molar-refractivity contribution is 6.03. The number of aromatic nitrogens is 1. The first-order valence-electron chi connectivity index (χ1n) is 11.3. The Morgan fingerprint density at radius 2 is 2.12 bits per heavy atom. The van der Waals surface area contributed by atoms with Crippen molar-refractivity contribution < 1.29 is 23.1 Å². The van der Waals surface area contributed by atoms with Crippen molar-refractivity contribution in [1.29, 1.82) is 0 Å². The Morgan fingerprint density at radius 1 is 1.38 bits per heavy atom. The highest BCUT2D eigenvalue weighted by atomic mass is 19.1. The molecule has 2 aromatic rings. The standard InChI is InChI=1S/C24H32FN3O4/c1-6-19-20(27-23(32-19)28-12-24(4,13-28)30-5)22(29)26-16-10-15(3)21(18(25)11-16)31-17-8-7-14(2)9-17/h10-11,14,17H,6-9,12-13H2,1-5H3,(H,26,29)/t14?,17-/m1/s1. The number of rotatable bonds is 7. The van der Waals surface area contributed by atoms with Crippen LogP contribution in [-0.2, 0) is 11.2 Å². The third-order valence-electron chi connectivity index (χ3n) is 6.45. The summed E-state index contributed by atoms with van der Waals surface area (Å²) in [5, 5.41) is 2.76. The fourth-order valence-electron chi connectivity index (χ4n) is 4.49. The van der Waals surface area contributed by atoms with Gasteiger partial charge in [0.15, 0.2) is 17.3 Å². The summed E-state index contributed by atoms with van der Waals surface area (Å²) in [5.41, 5.74) is 0.987. The molecule has 1 saturated carbocycles. The topological polar surface area (TPSA) is 76.8 Å². The molecule has 1 N–H and O–H groups in total. The van der Waals surface area contributed by atoms with Gasteiger partial charge in [-0.15, -0.1) is 0 Å².